The molecule has 3 amide bonds. The lowest BCUT2D eigenvalue weighted by Crippen LogP contribution is -2.33. The first-order valence-electron chi connectivity index (χ1n) is 11.5. The Morgan fingerprint density at radius 2 is 2.03 bits per heavy atom. The molecule has 6 rings (SSSR count). The molecule has 188 valence electrons. The smallest absolute Gasteiger partial charge is 0.416 e. The van der Waals surface area contributed by atoms with E-state index in [2.05, 4.69) is 20.9 Å². The fraction of sp³-hybridized carbons (Fsp3) is 0.192. The number of anilines is 1. The number of allylic oxidation sites excluding steroid dienone is 2. The predicted molar refractivity (Wildman–Crippen MR) is 125 cm³/mol. The monoisotopic (exact) mass is 508 g/mol. The summed E-state index contributed by atoms with van der Waals surface area (Å²) in [4.78, 5) is 28.2. The molecule has 8 nitrogen and oxygen atoms in total. The Balaban J connectivity index is 1.09. The zero-order valence-corrected chi connectivity index (χ0v) is 19.1. The van der Waals surface area contributed by atoms with Gasteiger partial charge in [0.15, 0.2) is 0 Å². The standard InChI is InChI=1S/C26H19F3N4O4/c27-26(28,29)14-3-1-2-13(10-14)12-31-25(35)33-22-21-17-11-15(4-6-18(17)37-23(21)22)36-19-8-9-30-24-16(19)5-7-20(34)32-24/h1-4,6,8-11,21H,5,7,12H2,(H,30,32,34)(H2,31,33,35)/t21-/m0/s1. The molecule has 1 aromatic heterocycles. The van der Waals surface area contributed by atoms with Gasteiger partial charge in [0.2, 0.25) is 5.91 Å². The molecule has 3 heterocycles. The quantitative estimate of drug-likeness (QED) is 0.452. The normalized spacial score (nSPS) is 17.2. The minimum atomic E-state index is -4.45. The number of pyridine rings is 1. The van der Waals surface area contributed by atoms with Gasteiger partial charge in [0.05, 0.1) is 17.2 Å². The second-order valence-corrected chi connectivity index (χ2v) is 8.80. The van der Waals surface area contributed by atoms with Crippen LogP contribution in [0.15, 0.2) is 66.2 Å². The second-order valence-electron chi connectivity index (χ2n) is 8.80. The summed E-state index contributed by atoms with van der Waals surface area (Å²) in [6.45, 7) is -0.0603. The number of amides is 3. The van der Waals surface area contributed by atoms with Crippen molar-refractivity contribution in [3.8, 4) is 17.2 Å². The maximum Gasteiger partial charge on any atom is 0.416 e. The molecule has 3 aliphatic rings. The molecule has 1 atom stereocenters. The molecule has 0 saturated carbocycles. The molecule has 0 spiro atoms. The molecule has 3 N–H and O–H groups in total. The van der Waals surface area contributed by atoms with Gasteiger partial charge in [-0.1, -0.05) is 12.1 Å². The summed E-state index contributed by atoms with van der Waals surface area (Å²) in [5.41, 5.74) is 1.81. The summed E-state index contributed by atoms with van der Waals surface area (Å²) < 4.78 is 50.6. The number of carbonyl (C=O) groups excluding carboxylic acids is 2. The molecule has 0 saturated heterocycles. The maximum atomic E-state index is 12.9. The van der Waals surface area contributed by atoms with Crippen molar-refractivity contribution in [3.63, 3.8) is 0 Å². The number of halogens is 3. The number of rotatable bonds is 5. The number of urea groups is 1. The Hall–Kier alpha value is -4.54. The van der Waals surface area contributed by atoms with Crippen LogP contribution in [0.3, 0.4) is 0 Å². The lowest BCUT2D eigenvalue weighted by Gasteiger charge is -2.19. The first-order chi connectivity index (χ1) is 17.8. The van der Waals surface area contributed by atoms with E-state index in [-0.39, 0.29) is 18.4 Å². The van der Waals surface area contributed by atoms with E-state index in [1.54, 1.807) is 24.4 Å². The number of carbonyl (C=O) groups is 2. The van der Waals surface area contributed by atoms with Gasteiger partial charge in [-0.2, -0.15) is 13.2 Å². The number of hydrogen-bond acceptors (Lipinski definition) is 5. The fourth-order valence-corrected chi connectivity index (χ4v) is 4.46. The first kappa shape index (κ1) is 22.9. The molecule has 3 aromatic rings. The summed E-state index contributed by atoms with van der Waals surface area (Å²) in [5, 5.41) is 8.03. The van der Waals surface area contributed by atoms with Gasteiger partial charge in [0, 0.05) is 30.3 Å². The van der Waals surface area contributed by atoms with Crippen molar-refractivity contribution in [2.75, 3.05) is 5.32 Å². The van der Waals surface area contributed by atoms with E-state index in [0.29, 0.717) is 52.9 Å². The molecule has 0 bridgehead atoms. The van der Waals surface area contributed by atoms with E-state index >= 15 is 0 Å². The molecule has 0 radical (unpaired) electrons. The number of aromatic nitrogens is 1. The number of nitrogens with zero attached hydrogens (tertiary/aromatic N) is 1. The van der Waals surface area contributed by atoms with Gasteiger partial charge in [0.1, 0.15) is 28.8 Å². The molecule has 2 aliphatic heterocycles. The van der Waals surface area contributed by atoms with Crippen LogP contribution in [0, 0.1) is 0 Å². The van der Waals surface area contributed by atoms with Crippen molar-refractivity contribution in [2.45, 2.75) is 31.5 Å². The summed E-state index contributed by atoms with van der Waals surface area (Å²) in [7, 11) is 0. The third kappa shape index (κ3) is 4.44. The molecule has 1 aliphatic carbocycles. The van der Waals surface area contributed by atoms with Crippen LogP contribution >= 0.6 is 0 Å². The van der Waals surface area contributed by atoms with E-state index < -0.39 is 17.8 Å². The van der Waals surface area contributed by atoms with Gasteiger partial charge in [0.25, 0.3) is 0 Å². The third-order valence-electron chi connectivity index (χ3n) is 6.30. The Morgan fingerprint density at radius 1 is 1.16 bits per heavy atom. The van der Waals surface area contributed by atoms with Crippen LogP contribution in [-0.2, 0) is 23.9 Å². The largest absolute Gasteiger partial charge is 0.458 e. The molecule has 0 unspecified atom stereocenters. The minimum Gasteiger partial charge on any atom is -0.458 e. The van der Waals surface area contributed by atoms with E-state index in [9.17, 15) is 22.8 Å². The van der Waals surface area contributed by atoms with Gasteiger partial charge < -0.3 is 25.4 Å². The van der Waals surface area contributed by atoms with Crippen molar-refractivity contribution in [1.29, 1.82) is 0 Å². The summed E-state index contributed by atoms with van der Waals surface area (Å²) in [6.07, 6.45) is -2.00. The molecule has 0 fully saturated rings. The molecular formula is C26H19F3N4O4. The minimum absolute atomic E-state index is 0.0603. The SMILES string of the molecule is O=C1CCc2c(Oc3ccc4c(c3)[C@H]3C(NC(=O)NCc5cccc(C(F)(F)F)c5)=C3O4)ccnc2N1. The van der Waals surface area contributed by atoms with Crippen LogP contribution in [0.5, 0.6) is 17.2 Å². The van der Waals surface area contributed by atoms with Crippen molar-refractivity contribution in [2.24, 2.45) is 0 Å². The van der Waals surface area contributed by atoms with Crippen LogP contribution < -0.4 is 25.4 Å². The number of nitrogens with one attached hydrogen (secondary N) is 3. The number of benzene rings is 2. The van der Waals surface area contributed by atoms with Crippen LogP contribution in [0.25, 0.3) is 0 Å². The van der Waals surface area contributed by atoms with Crippen molar-refractivity contribution < 1.29 is 32.2 Å². The van der Waals surface area contributed by atoms with E-state index in [4.69, 9.17) is 9.47 Å². The molecule has 11 heteroatoms. The summed E-state index contributed by atoms with van der Waals surface area (Å²) in [6, 6.07) is 11.4. The van der Waals surface area contributed by atoms with Gasteiger partial charge in [-0.25, -0.2) is 9.78 Å². The Kier molecular flexibility index (Phi) is 5.28. The second kappa shape index (κ2) is 8.54. The topological polar surface area (TPSA) is 102 Å². The highest BCUT2D eigenvalue weighted by molar-refractivity contribution is 5.93. The van der Waals surface area contributed by atoms with Crippen LogP contribution in [0.4, 0.5) is 23.8 Å². The number of fused-ring (bicyclic) bond motifs is 4. The predicted octanol–water partition coefficient (Wildman–Crippen LogP) is 4.98. The zero-order chi connectivity index (χ0) is 25.7. The molecule has 37 heavy (non-hydrogen) atoms. The number of ether oxygens (including phenoxy) is 2. The highest BCUT2D eigenvalue weighted by Crippen LogP contribution is 2.56. The average Bonchev–Trinajstić information content (AvgIpc) is 3.38. The van der Waals surface area contributed by atoms with Crippen molar-refractivity contribution >= 4 is 17.8 Å². The average molecular weight is 508 g/mol. The summed E-state index contributed by atoms with van der Waals surface area (Å²) in [5.74, 6) is 2.62. The molecule has 2 aromatic carbocycles. The zero-order valence-electron chi connectivity index (χ0n) is 19.1. The van der Waals surface area contributed by atoms with Crippen LogP contribution in [0.1, 0.15) is 34.6 Å². The number of hydrogen-bond donors (Lipinski definition) is 3. The lowest BCUT2D eigenvalue weighted by molar-refractivity contribution is -0.137. The fourth-order valence-electron chi connectivity index (χ4n) is 4.46. The van der Waals surface area contributed by atoms with Crippen molar-refractivity contribution in [3.05, 3.63) is 88.4 Å². The Bertz CT molecular complexity index is 1480. The summed E-state index contributed by atoms with van der Waals surface area (Å²) >= 11 is 0. The highest BCUT2D eigenvalue weighted by atomic mass is 19.4. The Morgan fingerprint density at radius 3 is 2.86 bits per heavy atom. The lowest BCUT2D eigenvalue weighted by atomic mass is 10.1. The molecular weight excluding hydrogens is 489 g/mol. The maximum absolute atomic E-state index is 12.9. The van der Waals surface area contributed by atoms with Crippen LogP contribution in [0.2, 0.25) is 0 Å². The van der Waals surface area contributed by atoms with Crippen LogP contribution in [-0.4, -0.2) is 16.9 Å². The third-order valence-corrected chi connectivity index (χ3v) is 6.30. The van der Waals surface area contributed by atoms with E-state index in [1.807, 2.05) is 6.07 Å². The first-order valence-corrected chi connectivity index (χ1v) is 11.5. The number of alkyl halides is 3. The van der Waals surface area contributed by atoms with Gasteiger partial charge in [-0.15, -0.1) is 0 Å². The van der Waals surface area contributed by atoms with E-state index in [1.165, 1.54) is 12.1 Å². The van der Waals surface area contributed by atoms with E-state index in [0.717, 1.165) is 23.3 Å². The van der Waals surface area contributed by atoms with Gasteiger partial charge in [-0.3, -0.25) is 4.79 Å². The Labute approximate surface area is 208 Å². The highest BCUT2D eigenvalue weighted by Gasteiger charge is 2.49. The van der Waals surface area contributed by atoms with Crippen molar-refractivity contribution in [1.82, 2.24) is 15.6 Å². The van der Waals surface area contributed by atoms with Gasteiger partial charge in [-0.05, 0) is 48.4 Å². The van der Waals surface area contributed by atoms with Gasteiger partial charge >= 0.3 is 12.2 Å².